The van der Waals surface area contributed by atoms with Gasteiger partial charge in [0, 0.05) is 32.0 Å². The number of hydrogen-bond donors (Lipinski definition) is 0. The van der Waals surface area contributed by atoms with Gasteiger partial charge in [-0.15, -0.1) is 10.2 Å². The first kappa shape index (κ1) is 16.5. The normalized spacial score (nSPS) is 19.8. The lowest BCUT2D eigenvalue weighted by atomic mass is 10.2. The van der Waals surface area contributed by atoms with Crippen LogP contribution in [0.15, 0.2) is 16.8 Å². The van der Waals surface area contributed by atoms with Crippen LogP contribution in [0.4, 0.5) is 8.78 Å². The van der Waals surface area contributed by atoms with Crippen molar-refractivity contribution in [2.24, 2.45) is 0 Å². The Morgan fingerprint density at radius 1 is 1.46 bits per heavy atom. The van der Waals surface area contributed by atoms with Crippen LogP contribution in [-0.4, -0.2) is 43.3 Å². The molecule has 0 radical (unpaired) electrons. The van der Waals surface area contributed by atoms with E-state index in [1.54, 1.807) is 17.1 Å². The second kappa shape index (κ2) is 6.29. The van der Waals surface area contributed by atoms with Gasteiger partial charge < -0.3 is 9.32 Å². The Morgan fingerprint density at radius 3 is 2.88 bits per heavy atom. The zero-order chi connectivity index (χ0) is 17.3. The molecule has 2 aromatic heterocycles. The Hall–Kier alpha value is -2.32. The molecule has 1 amide bonds. The van der Waals surface area contributed by atoms with Gasteiger partial charge in [0.25, 0.3) is 5.92 Å². The van der Waals surface area contributed by atoms with Gasteiger partial charge in [-0.3, -0.25) is 9.48 Å². The predicted molar refractivity (Wildman–Crippen MR) is 79.3 cm³/mol. The van der Waals surface area contributed by atoms with E-state index in [0.29, 0.717) is 18.9 Å². The average Bonchev–Trinajstić information content (AvgIpc) is 3.23. The molecule has 1 fully saturated rings. The van der Waals surface area contributed by atoms with Crippen LogP contribution in [0.5, 0.6) is 0 Å². The number of carbonyl (C=O) groups excluding carboxylic acids is 1. The standard InChI is InChI=1S/C15H19F2N5O2/c1-3-12-19-20-14(24-12)11-6-15(16,17)9-22(11)13(23)4-5-21-8-10(2)7-18-21/h7-8,11H,3-6,9H2,1-2H3/t11-/m0/s1. The Bertz CT molecular complexity index is 727. The quantitative estimate of drug-likeness (QED) is 0.834. The van der Waals surface area contributed by atoms with Crippen molar-refractivity contribution >= 4 is 5.91 Å². The number of aryl methyl sites for hydroxylation is 3. The zero-order valence-electron chi connectivity index (χ0n) is 13.6. The Kier molecular flexibility index (Phi) is 4.33. The third-order valence-corrected chi connectivity index (χ3v) is 3.98. The first-order chi connectivity index (χ1) is 11.4. The van der Waals surface area contributed by atoms with Crippen molar-refractivity contribution in [1.82, 2.24) is 24.9 Å². The summed E-state index contributed by atoms with van der Waals surface area (Å²) in [4.78, 5) is 13.6. The summed E-state index contributed by atoms with van der Waals surface area (Å²) in [5.41, 5.74) is 0.978. The molecule has 3 rings (SSSR count). The Morgan fingerprint density at radius 2 is 2.25 bits per heavy atom. The molecule has 0 aliphatic carbocycles. The highest BCUT2D eigenvalue weighted by molar-refractivity contribution is 5.77. The van der Waals surface area contributed by atoms with Crippen LogP contribution < -0.4 is 0 Å². The second-order valence-corrected chi connectivity index (χ2v) is 6.02. The molecule has 1 atom stereocenters. The molecule has 0 spiro atoms. The minimum Gasteiger partial charge on any atom is -0.423 e. The van der Waals surface area contributed by atoms with Crippen molar-refractivity contribution in [1.29, 1.82) is 0 Å². The molecule has 1 aliphatic heterocycles. The van der Waals surface area contributed by atoms with E-state index in [-0.39, 0.29) is 18.2 Å². The molecular formula is C15H19F2N5O2. The number of halogens is 2. The van der Waals surface area contributed by atoms with Crippen LogP contribution in [-0.2, 0) is 17.8 Å². The maximum absolute atomic E-state index is 13.8. The molecule has 0 aromatic carbocycles. The maximum atomic E-state index is 13.8. The lowest BCUT2D eigenvalue weighted by Crippen LogP contribution is -2.33. The molecule has 0 unspecified atom stereocenters. The van der Waals surface area contributed by atoms with Gasteiger partial charge in [0.15, 0.2) is 0 Å². The van der Waals surface area contributed by atoms with E-state index in [1.807, 2.05) is 13.8 Å². The lowest BCUT2D eigenvalue weighted by Gasteiger charge is -2.21. The summed E-state index contributed by atoms with van der Waals surface area (Å²) in [7, 11) is 0. The molecule has 3 heterocycles. The smallest absolute Gasteiger partial charge is 0.267 e. The van der Waals surface area contributed by atoms with Gasteiger partial charge in [-0.2, -0.15) is 5.10 Å². The molecular weight excluding hydrogens is 320 g/mol. The lowest BCUT2D eigenvalue weighted by molar-refractivity contribution is -0.134. The van der Waals surface area contributed by atoms with E-state index in [9.17, 15) is 13.6 Å². The van der Waals surface area contributed by atoms with Crippen LogP contribution in [0, 0.1) is 6.92 Å². The number of aromatic nitrogens is 4. The summed E-state index contributed by atoms with van der Waals surface area (Å²) in [6.07, 6.45) is 3.59. The molecule has 9 heteroatoms. The molecule has 0 bridgehead atoms. The first-order valence-electron chi connectivity index (χ1n) is 7.86. The minimum absolute atomic E-state index is 0.0762. The molecule has 1 aliphatic rings. The largest absolute Gasteiger partial charge is 0.423 e. The van der Waals surface area contributed by atoms with Crippen molar-refractivity contribution in [3.05, 3.63) is 29.7 Å². The SMILES string of the molecule is CCc1nnc([C@@H]2CC(F)(F)CN2C(=O)CCn2cc(C)cn2)o1. The monoisotopic (exact) mass is 339 g/mol. The second-order valence-electron chi connectivity index (χ2n) is 6.02. The van der Waals surface area contributed by atoms with Crippen molar-refractivity contribution < 1.29 is 18.0 Å². The van der Waals surface area contributed by atoms with Gasteiger partial charge in [-0.05, 0) is 12.5 Å². The summed E-state index contributed by atoms with van der Waals surface area (Å²) in [6, 6.07) is -0.875. The summed E-state index contributed by atoms with van der Waals surface area (Å²) < 4.78 is 34.7. The van der Waals surface area contributed by atoms with Crippen LogP contribution in [0.1, 0.15) is 43.2 Å². The van der Waals surface area contributed by atoms with Crippen molar-refractivity contribution in [3.63, 3.8) is 0 Å². The Labute approximate surface area is 137 Å². The highest BCUT2D eigenvalue weighted by Gasteiger charge is 2.49. The fourth-order valence-corrected chi connectivity index (χ4v) is 2.79. The van der Waals surface area contributed by atoms with Crippen LogP contribution in [0.3, 0.4) is 0 Å². The van der Waals surface area contributed by atoms with E-state index >= 15 is 0 Å². The van der Waals surface area contributed by atoms with Crippen molar-refractivity contribution in [2.75, 3.05) is 6.54 Å². The molecule has 1 saturated heterocycles. The number of carbonyl (C=O) groups is 1. The van der Waals surface area contributed by atoms with Gasteiger partial charge in [0.05, 0.1) is 12.7 Å². The highest BCUT2D eigenvalue weighted by atomic mass is 19.3. The van der Waals surface area contributed by atoms with E-state index < -0.39 is 24.9 Å². The Balaban J connectivity index is 1.71. The number of alkyl halides is 2. The first-order valence-corrected chi connectivity index (χ1v) is 7.86. The zero-order valence-corrected chi connectivity index (χ0v) is 13.6. The predicted octanol–water partition coefficient (Wildman–Crippen LogP) is 2.14. The number of amides is 1. The molecule has 2 aromatic rings. The van der Waals surface area contributed by atoms with Gasteiger partial charge in [0.2, 0.25) is 17.7 Å². The number of rotatable bonds is 5. The summed E-state index contributed by atoms with van der Waals surface area (Å²) >= 11 is 0. The molecule has 7 nitrogen and oxygen atoms in total. The van der Waals surface area contributed by atoms with E-state index in [4.69, 9.17) is 4.42 Å². The van der Waals surface area contributed by atoms with Crippen molar-refractivity contribution in [2.45, 2.75) is 51.6 Å². The fraction of sp³-hybridized carbons (Fsp3) is 0.600. The number of hydrogen-bond acceptors (Lipinski definition) is 5. The highest BCUT2D eigenvalue weighted by Crippen LogP contribution is 2.40. The van der Waals surface area contributed by atoms with Crippen LogP contribution >= 0.6 is 0 Å². The third kappa shape index (κ3) is 3.44. The van der Waals surface area contributed by atoms with Crippen LogP contribution in [0.2, 0.25) is 0 Å². The van der Waals surface area contributed by atoms with Gasteiger partial charge >= 0.3 is 0 Å². The molecule has 0 N–H and O–H groups in total. The van der Waals surface area contributed by atoms with E-state index in [0.717, 1.165) is 10.5 Å². The fourth-order valence-electron chi connectivity index (χ4n) is 2.79. The van der Waals surface area contributed by atoms with Crippen LogP contribution in [0.25, 0.3) is 0 Å². The van der Waals surface area contributed by atoms with Gasteiger partial charge in [-0.1, -0.05) is 6.92 Å². The molecule has 0 saturated carbocycles. The van der Waals surface area contributed by atoms with Gasteiger partial charge in [-0.25, -0.2) is 8.78 Å². The topological polar surface area (TPSA) is 77.1 Å². The third-order valence-electron chi connectivity index (χ3n) is 3.98. The summed E-state index contributed by atoms with van der Waals surface area (Å²) in [5, 5.41) is 11.7. The minimum atomic E-state index is -2.95. The number of likely N-dealkylation sites (tertiary alicyclic amines) is 1. The molecule has 130 valence electrons. The average molecular weight is 339 g/mol. The summed E-state index contributed by atoms with van der Waals surface area (Å²) in [6.45, 7) is 3.43. The van der Waals surface area contributed by atoms with Crippen molar-refractivity contribution in [3.8, 4) is 0 Å². The molecule has 24 heavy (non-hydrogen) atoms. The maximum Gasteiger partial charge on any atom is 0.267 e. The van der Waals surface area contributed by atoms with E-state index in [1.165, 1.54) is 0 Å². The van der Waals surface area contributed by atoms with Gasteiger partial charge in [0.1, 0.15) is 6.04 Å². The number of nitrogens with zero attached hydrogens (tertiary/aromatic N) is 5. The van der Waals surface area contributed by atoms with E-state index in [2.05, 4.69) is 15.3 Å². The summed E-state index contributed by atoms with van der Waals surface area (Å²) in [5.74, 6) is -2.88.